The first-order valence-electron chi connectivity index (χ1n) is 10.00. The SMILES string of the molecule is CCN(CC)CCN1C(=O)C(=O)/C(=C(\O)c2ccc(Cl)c(Cl)c2)C1c1ccc(Cl)cc1. The molecule has 2 aromatic carbocycles. The number of amides is 1. The van der Waals surface area contributed by atoms with Crippen LogP contribution < -0.4 is 0 Å². The Labute approximate surface area is 196 Å². The molecular weight excluding hydrogens is 459 g/mol. The number of aliphatic hydroxyl groups is 1. The van der Waals surface area contributed by atoms with Gasteiger partial charge in [0.2, 0.25) is 0 Å². The lowest BCUT2D eigenvalue weighted by atomic mass is 9.95. The Bertz CT molecular complexity index is 1020. The average molecular weight is 482 g/mol. The third kappa shape index (κ3) is 4.90. The van der Waals surface area contributed by atoms with E-state index in [2.05, 4.69) is 4.90 Å². The number of rotatable bonds is 7. The number of hydrogen-bond donors (Lipinski definition) is 1. The summed E-state index contributed by atoms with van der Waals surface area (Å²) in [6.45, 7) is 6.69. The number of benzene rings is 2. The van der Waals surface area contributed by atoms with Gasteiger partial charge >= 0.3 is 0 Å². The number of likely N-dealkylation sites (N-methyl/N-ethyl adjacent to an activating group) is 1. The van der Waals surface area contributed by atoms with E-state index >= 15 is 0 Å². The maximum absolute atomic E-state index is 13.0. The quantitative estimate of drug-likeness (QED) is 0.326. The number of hydrogen-bond acceptors (Lipinski definition) is 4. The van der Waals surface area contributed by atoms with Crippen LogP contribution in [-0.4, -0.2) is 52.8 Å². The van der Waals surface area contributed by atoms with Crippen LogP contribution in [0.1, 0.15) is 31.0 Å². The second-order valence-electron chi connectivity index (χ2n) is 7.20. The normalized spacial score (nSPS) is 18.3. The van der Waals surface area contributed by atoms with Crippen LogP contribution in [0, 0.1) is 0 Å². The minimum absolute atomic E-state index is 0.0188. The van der Waals surface area contributed by atoms with Gasteiger partial charge in [0.15, 0.2) is 0 Å². The molecule has 3 rings (SSSR count). The van der Waals surface area contributed by atoms with Gasteiger partial charge in [-0.05, 0) is 49.0 Å². The van der Waals surface area contributed by atoms with Crippen LogP contribution in [0.25, 0.3) is 5.76 Å². The molecule has 0 aliphatic carbocycles. The molecule has 5 nitrogen and oxygen atoms in total. The van der Waals surface area contributed by atoms with Gasteiger partial charge < -0.3 is 14.9 Å². The van der Waals surface area contributed by atoms with Crippen LogP contribution in [0.4, 0.5) is 0 Å². The van der Waals surface area contributed by atoms with Crippen molar-refractivity contribution in [3.05, 3.63) is 74.2 Å². The molecule has 2 aromatic rings. The summed E-state index contributed by atoms with van der Waals surface area (Å²) in [4.78, 5) is 29.6. The van der Waals surface area contributed by atoms with Crippen molar-refractivity contribution in [2.24, 2.45) is 0 Å². The lowest BCUT2D eigenvalue weighted by Gasteiger charge is -2.28. The Morgan fingerprint density at radius 2 is 1.65 bits per heavy atom. The first kappa shape index (κ1) is 23.6. The molecule has 1 saturated heterocycles. The van der Waals surface area contributed by atoms with Gasteiger partial charge in [-0.1, -0.05) is 60.8 Å². The molecule has 1 fully saturated rings. The van der Waals surface area contributed by atoms with E-state index in [1.807, 2.05) is 13.8 Å². The van der Waals surface area contributed by atoms with Gasteiger partial charge in [0.25, 0.3) is 11.7 Å². The summed E-state index contributed by atoms with van der Waals surface area (Å²) in [7, 11) is 0. The van der Waals surface area contributed by atoms with Gasteiger partial charge in [-0.25, -0.2) is 0 Å². The summed E-state index contributed by atoms with van der Waals surface area (Å²) in [5.41, 5.74) is 1.02. The molecular formula is C23H23Cl3N2O3. The standard InChI is InChI=1S/C23H23Cl3N2O3/c1-3-27(4-2)11-12-28-20(14-5-8-16(24)9-6-14)19(22(30)23(28)31)21(29)15-7-10-17(25)18(26)13-15/h5-10,13,20,29H,3-4,11-12H2,1-2H3/b21-19-. The molecule has 0 spiro atoms. The Hall–Kier alpha value is -2.05. The fraction of sp³-hybridized carbons (Fsp3) is 0.304. The van der Waals surface area contributed by atoms with Crippen molar-refractivity contribution in [1.82, 2.24) is 9.80 Å². The van der Waals surface area contributed by atoms with Crippen LogP contribution in [0.3, 0.4) is 0 Å². The van der Waals surface area contributed by atoms with E-state index in [0.717, 1.165) is 13.1 Å². The number of halogens is 3. The first-order valence-corrected chi connectivity index (χ1v) is 11.1. The van der Waals surface area contributed by atoms with Crippen molar-refractivity contribution in [2.45, 2.75) is 19.9 Å². The van der Waals surface area contributed by atoms with Gasteiger partial charge in [0.05, 0.1) is 21.7 Å². The number of carbonyl (C=O) groups is 2. The summed E-state index contributed by atoms with van der Waals surface area (Å²) in [6.07, 6.45) is 0. The highest BCUT2D eigenvalue weighted by Crippen LogP contribution is 2.40. The topological polar surface area (TPSA) is 60.9 Å². The third-order valence-electron chi connectivity index (χ3n) is 5.47. The van der Waals surface area contributed by atoms with E-state index in [0.29, 0.717) is 34.3 Å². The highest BCUT2D eigenvalue weighted by atomic mass is 35.5. The fourth-order valence-electron chi connectivity index (χ4n) is 3.69. The Kier molecular flexibility index (Phi) is 7.65. The van der Waals surface area contributed by atoms with Crippen molar-refractivity contribution in [1.29, 1.82) is 0 Å². The monoisotopic (exact) mass is 480 g/mol. The minimum Gasteiger partial charge on any atom is -0.507 e. The van der Waals surface area contributed by atoms with E-state index in [1.54, 1.807) is 30.3 Å². The zero-order valence-corrected chi connectivity index (χ0v) is 19.5. The van der Waals surface area contributed by atoms with Crippen molar-refractivity contribution in [2.75, 3.05) is 26.2 Å². The summed E-state index contributed by atoms with van der Waals surface area (Å²) >= 11 is 18.1. The number of carbonyl (C=O) groups excluding carboxylic acids is 2. The van der Waals surface area contributed by atoms with Gasteiger partial charge in [0.1, 0.15) is 5.76 Å². The summed E-state index contributed by atoms with van der Waals surface area (Å²) in [5, 5.41) is 12.1. The zero-order valence-electron chi connectivity index (χ0n) is 17.2. The third-order valence-corrected chi connectivity index (χ3v) is 6.46. The molecule has 1 unspecified atom stereocenters. The van der Waals surface area contributed by atoms with Crippen molar-refractivity contribution in [3.63, 3.8) is 0 Å². The summed E-state index contributed by atoms with van der Waals surface area (Å²) in [5.74, 6) is -1.67. The summed E-state index contributed by atoms with van der Waals surface area (Å²) < 4.78 is 0. The number of Topliss-reactive ketones (excluding diaryl/α,β-unsaturated/α-hetero) is 1. The van der Waals surface area contributed by atoms with Crippen LogP contribution >= 0.6 is 34.8 Å². The van der Waals surface area contributed by atoms with Gasteiger partial charge in [-0.3, -0.25) is 9.59 Å². The largest absolute Gasteiger partial charge is 0.507 e. The van der Waals surface area contributed by atoms with Crippen LogP contribution in [0.2, 0.25) is 15.1 Å². The molecule has 31 heavy (non-hydrogen) atoms. The maximum atomic E-state index is 13.0. The van der Waals surface area contributed by atoms with Crippen molar-refractivity contribution < 1.29 is 14.7 Å². The lowest BCUT2D eigenvalue weighted by molar-refractivity contribution is -0.140. The lowest BCUT2D eigenvalue weighted by Crippen LogP contribution is -2.38. The Morgan fingerprint density at radius 1 is 1.00 bits per heavy atom. The molecule has 0 aromatic heterocycles. The molecule has 0 radical (unpaired) electrons. The second kappa shape index (κ2) is 10.0. The van der Waals surface area contributed by atoms with Crippen LogP contribution in [0.5, 0.6) is 0 Å². The molecule has 1 aliphatic rings. The second-order valence-corrected chi connectivity index (χ2v) is 8.45. The van der Waals surface area contributed by atoms with Gasteiger partial charge in [0, 0.05) is 23.7 Å². The average Bonchev–Trinajstić information content (AvgIpc) is 3.01. The summed E-state index contributed by atoms with van der Waals surface area (Å²) in [6, 6.07) is 10.7. The highest BCUT2D eigenvalue weighted by molar-refractivity contribution is 6.47. The van der Waals surface area contributed by atoms with Crippen LogP contribution in [0.15, 0.2) is 48.0 Å². The Balaban J connectivity index is 2.11. The smallest absolute Gasteiger partial charge is 0.295 e. The number of nitrogens with zero attached hydrogens (tertiary/aromatic N) is 2. The Morgan fingerprint density at radius 3 is 2.23 bits per heavy atom. The molecule has 1 heterocycles. The van der Waals surface area contributed by atoms with E-state index < -0.39 is 17.7 Å². The molecule has 0 saturated carbocycles. The van der Waals surface area contributed by atoms with E-state index in [4.69, 9.17) is 34.8 Å². The molecule has 1 amide bonds. The van der Waals surface area contributed by atoms with Gasteiger partial charge in [-0.2, -0.15) is 0 Å². The van der Waals surface area contributed by atoms with Crippen molar-refractivity contribution in [3.8, 4) is 0 Å². The fourth-order valence-corrected chi connectivity index (χ4v) is 4.11. The molecule has 164 valence electrons. The number of aliphatic hydroxyl groups excluding tert-OH is 1. The van der Waals surface area contributed by atoms with Crippen LogP contribution in [-0.2, 0) is 9.59 Å². The first-order chi connectivity index (χ1) is 14.8. The van der Waals surface area contributed by atoms with Gasteiger partial charge in [-0.15, -0.1) is 0 Å². The molecule has 8 heteroatoms. The number of ketones is 1. The minimum atomic E-state index is -0.734. The molecule has 1 N–H and O–H groups in total. The number of likely N-dealkylation sites (tertiary alicyclic amines) is 1. The molecule has 1 aliphatic heterocycles. The van der Waals surface area contributed by atoms with Crippen molar-refractivity contribution >= 4 is 52.3 Å². The van der Waals surface area contributed by atoms with E-state index in [-0.39, 0.29) is 16.4 Å². The molecule has 0 bridgehead atoms. The van der Waals surface area contributed by atoms with E-state index in [1.165, 1.54) is 17.0 Å². The highest BCUT2D eigenvalue weighted by Gasteiger charge is 2.45. The van der Waals surface area contributed by atoms with E-state index in [9.17, 15) is 14.7 Å². The molecule has 1 atom stereocenters. The maximum Gasteiger partial charge on any atom is 0.295 e. The predicted octanol–water partition coefficient (Wildman–Crippen LogP) is 5.41. The zero-order chi connectivity index (χ0) is 22.7. The predicted molar refractivity (Wildman–Crippen MR) is 125 cm³/mol.